The summed E-state index contributed by atoms with van der Waals surface area (Å²) in [4.78, 5) is 97.8. The summed E-state index contributed by atoms with van der Waals surface area (Å²) >= 11 is 0. The molecule has 5 atom stereocenters. The smallest absolute Gasteiger partial charge is 0.410 e. The number of carbonyl (C=O) groups excluding carboxylic acids is 7. The molecule has 294 valence electrons. The van der Waals surface area contributed by atoms with Gasteiger partial charge in [-0.3, -0.25) is 24.0 Å². The molecule has 0 bridgehead atoms. The van der Waals surface area contributed by atoms with Gasteiger partial charge in [-0.1, -0.05) is 71.7 Å². The first-order valence-electron chi connectivity index (χ1n) is 19.7. The Bertz CT molecular complexity index is 1640. The van der Waals surface area contributed by atoms with Gasteiger partial charge in [-0.05, 0) is 66.9 Å². The quantitative estimate of drug-likeness (QED) is 0.210. The second-order valence-electron chi connectivity index (χ2n) is 17.4. The highest BCUT2D eigenvalue weighted by Crippen LogP contribution is 2.35. The Kier molecular flexibility index (Phi) is 11.7. The number of ether oxygens (including phenoxy) is 1. The molecule has 4 N–H and O–H groups in total. The molecule has 1 aromatic rings. The van der Waals surface area contributed by atoms with Crippen LogP contribution in [-0.2, 0) is 41.7 Å². The molecule has 54 heavy (non-hydrogen) atoms. The van der Waals surface area contributed by atoms with Crippen molar-refractivity contribution in [1.82, 2.24) is 31.1 Å². The fourth-order valence-corrected chi connectivity index (χ4v) is 7.39. The van der Waals surface area contributed by atoms with E-state index in [-0.39, 0.29) is 42.5 Å². The lowest BCUT2D eigenvalue weighted by Gasteiger charge is -2.36. The van der Waals surface area contributed by atoms with Gasteiger partial charge in [-0.15, -0.1) is 0 Å². The van der Waals surface area contributed by atoms with Crippen LogP contribution >= 0.6 is 0 Å². The van der Waals surface area contributed by atoms with Crippen molar-refractivity contribution in [3.63, 3.8) is 0 Å². The van der Waals surface area contributed by atoms with Gasteiger partial charge in [0.1, 0.15) is 18.2 Å². The summed E-state index contributed by atoms with van der Waals surface area (Å²) < 4.78 is 5.97. The molecule has 2 heterocycles. The highest BCUT2D eigenvalue weighted by Gasteiger charge is 2.48. The molecule has 2 aliphatic heterocycles. The third-order valence-electron chi connectivity index (χ3n) is 11.2. The molecule has 14 heteroatoms. The van der Waals surface area contributed by atoms with E-state index in [2.05, 4.69) is 21.3 Å². The monoisotopic (exact) mass is 748 g/mol. The van der Waals surface area contributed by atoms with Crippen molar-refractivity contribution in [1.29, 1.82) is 0 Å². The highest BCUT2D eigenvalue weighted by atomic mass is 16.6. The Morgan fingerprint density at radius 1 is 0.889 bits per heavy atom. The van der Waals surface area contributed by atoms with E-state index in [4.69, 9.17) is 4.74 Å². The maximum absolute atomic E-state index is 14.6. The standard InChI is InChI=1S/C40H56N6O8/c1-22(2)31(32(47)25-12-13-25)43-38(52)44-34(40(3,4)5)37(51)46-21-28(54-39(53)45-17-16-24-8-6-7-9-26(24)20-45)19-30(46)35(49)42-29(18-23-10-11-23)33(48)36(50)41-27-14-15-27/h6-9,22-23,25,27-31,34H,10-21H2,1-5H3,(H,41,50)(H,42,49)(H2,43,44,52)/t28?,29?,30-,31-,34+/m0/s1. The minimum atomic E-state index is -1.16. The van der Waals surface area contributed by atoms with Crippen LogP contribution in [0.1, 0.15) is 97.1 Å². The Morgan fingerprint density at radius 2 is 1.57 bits per heavy atom. The maximum atomic E-state index is 14.6. The van der Waals surface area contributed by atoms with E-state index in [9.17, 15) is 33.6 Å². The van der Waals surface area contributed by atoms with Crippen molar-refractivity contribution < 1.29 is 38.3 Å². The van der Waals surface area contributed by atoms with Crippen molar-refractivity contribution in [2.45, 2.75) is 135 Å². The predicted octanol–water partition coefficient (Wildman–Crippen LogP) is 3.00. The number of carbonyl (C=O) groups is 7. The number of likely N-dealkylation sites (tertiary alicyclic amines) is 1. The Hall–Kier alpha value is -4.49. The van der Waals surface area contributed by atoms with E-state index < -0.39 is 71.3 Å². The number of urea groups is 1. The number of nitrogens with zero attached hydrogens (tertiary/aromatic N) is 2. The molecule has 0 spiro atoms. The molecule has 5 aliphatic rings. The van der Waals surface area contributed by atoms with Gasteiger partial charge in [0.2, 0.25) is 17.6 Å². The van der Waals surface area contributed by atoms with Crippen LogP contribution in [0.4, 0.5) is 9.59 Å². The molecule has 0 radical (unpaired) electrons. The normalized spacial score (nSPS) is 22.7. The average Bonchev–Trinajstić information content (AvgIpc) is 4.00. The van der Waals surface area contributed by atoms with Gasteiger partial charge in [-0.2, -0.15) is 0 Å². The number of hydrogen-bond donors (Lipinski definition) is 4. The minimum absolute atomic E-state index is 0.0296. The predicted molar refractivity (Wildman–Crippen MR) is 198 cm³/mol. The van der Waals surface area contributed by atoms with Crippen molar-refractivity contribution >= 4 is 41.4 Å². The summed E-state index contributed by atoms with van der Waals surface area (Å²) in [6, 6.07) is 3.08. The molecule has 6 rings (SSSR count). The van der Waals surface area contributed by atoms with Crippen molar-refractivity contribution in [3.8, 4) is 0 Å². The fraction of sp³-hybridized carbons (Fsp3) is 0.675. The van der Waals surface area contributed by atoms with Gasteiger partial charge in [0.15, 0.2) is 5.78 Å². The lowest BCUT2D eigenvalue weighted by atomic mass is 9.85. The zero-order valence-electron chi connectivity index (χ0n) is 32.2. The first kappa shape index (κ1) is 39.2. The summed E-state index contributed by atoms with van der Waals surface area (Å²) in [5.41, 5.74) is 1.34. The topological polar surface area (TPSA) is 183 Å². The summed E-state index contributed by atoms with van der Waals surface area (Å²) in [5, 5.41) is 11.1. The largest absolute Gasteiger partial charge is 0.444 e. The molecule has 0 aromatic heterocycles. The number of Topliss-reactive ketones (excluding diaryl/α,β-unsaturated/α-hetero) is 2. The van der Waals surface area contributed by atoms with Crippen molar-refractivity contribution in [2.75, 3.05) is 13.1 Å². The summed E-state index contributed by atoms with van der Waals surface area (Å²) in [7, 11) is 0. The van der Waals surface area contributed by atoms with Crippen molar-refractivity contribution in [2.24, 2.45) is 23.2 Å². The molecular weight excluding hydrogens is 692 g/mol. The van der Waals surface area contributed by atoms with Gasteiger partial charge in [0.25, 0.3) is 5.91 Å². The van der Waals surface area contributed by atoms with Gasteiger partial charge >= 0.3 is 12.1 Å². The molecule has 4 fully saturated rings. The highest BCUT2D eigenvalue weighted by molar-refractivity contribution is 6.38. The Labute approximate surface area is 317 Å². The zero-order chi connectivity index (χ0) is 38.9. The van der Waals surface area contributed by atoms with Gasteiger partial charge in [0, 0.05) is 31.5 Å². The number of amides is 6. The fourth-order valence-electron chi connectivity index (χ4n) is 7.39. The summed E-state index contributed by atoms with van der Waals surface area (Å²) in [5.74, 6) is -2.74. The Morgan fingerprint density at radius 3 is 2.19 bits per heavy atom. The SMILES string of the molecule is CC(C)[C@H](NC(=O)N[C@H](C(=O)N1CC(OC(=O)N2CCc3ccccc3C2)C[C@H]1C(=O)NC(CC1CC1)C(=O)C(=O)NC1CC1)C(C)(C)C)C(=O)C1CC1. The molecule has 3 saturated carbocycles. The van der Waals surface area contributed by atoms with E-state index in [1.165, 1.54) is 10.5 Å². The third kappa shape index (κ3) is 9.78. The minimum Gasteiger partial charge on any atom is -0.444 e. The molecule has 1 saturated heterocycles. The third-order valence-corrected chi connectivity index (χ3v) is 11.2. The Balaban J connectivity index is 1.20. The number of rotatable bonds is 14. The van der Waals surface area contributed by atoms with E-state index in [1.54, 1.807) is 25.7 Å². The van der Waals surface area contributed by atoms with Crippen molar-refractivity contribution in [3.05, 3.63) is 35.4 Å². The maximum Gasteiger partial charge on any atom is 0.410 e. The number of nitrogens with one attached hydrogen (secondary N) is 4. The first-order valence-corrected chi connectivity index (χ1v) is 19.7. The molecule has 1 aromatic carbocycles. The van der Waals surface area contributed by atoms with Crippen LogP contribution in [0.15, 0.2) is 24.3 Å². The lowest BCUT2D eigenvalue weighted by molar-refractivity contribution is -0.144. The van der Waals surface area contributed by atoms with E-state index >= 15 is 0 Å². The number of ketones is 2. The van der Waals surface area contributed by atoms with Crippen LogP contribution in [0.5, 0.6) is 0 Å². The van der Waals surface area contributed by atoms with Crippen LogP contribution < -0.4 is 21.3 Å². The van der Waals surface area contributed by atoms with E-state index in [1.807, 2.05) is 38.1 Å². The summed E-state index contributed by atoms with van der Waals surface area (Å²) in [6.45, 7) is 9.75. The number of fused-ring (bicyclic) bond motifs is 1. The van der Waals surface area contributed by atoms with Crippen LogP contribution in [-0.4, -0.2) is 101 Å². The molecule has 6 amide bonds. The van der Waals surface area contributed by atoms with Crippen LogP contribution in [0.2, 0.25) is 0 Å². The molecule has 2 unspecified atom stereocenters. The van der Waals surface area contributed by atoms with Crippen LogP contribution in [0, 0.1) is 23.2 Å². The zero-order valence-corrected chi connectivity index (χ0v) is 32.2. The van der Waals surface area contributed by atoms with E-state index in [0.717, 1.165) is 44.1 Å². The van der Waals surface area contributed by atoms with Crippen LogP contribution in [0.3, 0.4) is 0 Å². The second kappa shape index (κ2) is 16.1. The molecular formula is C40H56N6O8. The lowest BCUT2D eigenvalue weighted by Crippen LogP contribution is -2.61. The summed E-state index contributed by atoms with van der Waals surface area (Å²) in [6.07, 6.45) is 4.49. The second-order valence-corrected chi connectivity index (χ2v) is 17.4. The van der Waals surface area contributed by atoms with E-state index in [0.29, 0.717) is 25.9 Å². The van der Waals surface area contributed by atoms with Gasteiger partial charge in [-0.25, -0.2) is 9.59 Å². The first-order chi connectivity index (χ1) is 25.6. The van der Waals surface area contributed by atoms with Gasteiger partial charge < -0.3 is 35.8 Å². The van der Waals surface area contributed by atoms with Gasteiger partial charge in [0.05, 0.1) is 18.6 Å². The average molecular weight is 749 g/mol. The van der Waals surface area contributed by atoms with Crippen LogP contribution in [0.25, 0.3) is 0 Å². The number of hydrogen-bond acceptors (Lipinski definition) is 8. The molecule has 14 nitrogen and oxygen atoms in total. The molecule has 3 aliphatic carbocycles. The number of benzene rings is 1.